The molecule has 0 radical (unpaired) electrons. The number of methoxy groups -OCH3 is 1. The van der Waals surface area contributed by atoms with Crippen LogP contribution in [0.15, 0.2) is 36.4 Å². The summed E-state index contributed by atoms with van der Waals surface area (Å²) in [6.07, 6.45) is -4.50. The van der Waals surface area contributed by atoms with Gasteiger partial charge in [-0.1, -0.05) is 11.6 Å². The van der Waals surface area contributed by atoms with E-state index in [1.54, 1.807) is 18.2 Å². The van der Waals surface area contributed by atoms with Gasteiger partial charge in [0.2, 0.25) is 0 Å². The molecule has 2 aromatic carbocycles. The monoisotopic (exact) mass is 316 g/mol. The Morgan fingerprint density at radius 1 is 1.10 bits per heavy atom. The van der Waals surface area contributed by atoms with Gasteiger partial charge in [-0.15, -0.1) is 0 Å². The number of anilines is 3. The molecule has 3 nitrogen and oxygen atoms in total. The Hall–Kier alpha value is -2.08. The van der Waals surface area contributed by atoms with Crippen molar-refractivity contribution in [2.75, 3.05) is 18.2 Å². The Morgan fingerprint density at radius 3 is 2.29 bits per heavy atom. The minimum atomic E-state index is -4.50. The summed E-state index contributed by atoms with van der Waals surface area (Å²) in [5, 5.41) is 3.20. The molecule has 0 saturated carbocycles. The van der Waals surface area contributed by atoms with Crippen LogP contribution in [0, 0.1) is 0 Å². The molecule has 0 aliphatic heterocycles. The van der Waals surface area contributed by atoms with Gasteiger partial charge in [0.25, 0.3) is 0 Å². The molecule has 0 aliphatic carbocycles. The maximum atomic E-state index is 12.8. The SMILES string of the molecule is COc1ccc(Nc2ccc(N)c(C(F)(F)F)c2)cc1Cl. The van der Waals surface area contributed by atoms with Crippen LogP contribution >= 0.6 is 11.6 Å². The molecule has 0 fully saturated rings. The molecule has 0 saturated heterocycles. The van der Waals surface area contributed by atoms with Gasteiger partial charge in [-0.05, 0) is 36.4 Å². The Balaban J connectivity index is 2.30. The lowest BCUT2D eigenvalue weighted by Crippen LogP contribution is -2.09. The standard InChI is InChI=1S/C14H12ClF3N2O/c1-21-13-5-3-9(7-11(13)15)20-8-2-4-12(19)10(6-8)14(16,17)18/h2-7,20H,19H2,1H3. The van der Waals surface area contributed by atoms with E-state index in [0.717, 1.165) is 6.07 Å². The molecule has 2 rings (SSSR count). The van der Waals surface area contributed by atoms with Gasteiger partial charge in [-0.2, -0.15) is 13.2 Å². The fourth-order valence-electron chi connectivity index (χ4n) is 1.79. The highest BCUT2D eigenvalue weighted by molar-refractivity contribution is 6.32. The Bertz CT molecular complexity index is 659. The molecule has 0 aromatic heterocycles. The van der Waals surface area contributed by atoms with Gasteiger partial charge in [-0.25, -0.2) is 0 Å². The van der Waals surface area contributed by atoms with Gasteiger partial charge >= 0.3 is 6.18 Å². The molecule has 0 amide bonds. The highest BCUT2D eigenvalue weighted by atomic mass is 35.5. The normalized spacial score (nSPS) is 11.3. The van der Waals surface area contributed by atoms with Crippen molar-refractivity contribution in [1.82, 2.24) is 0 Å². The van der Waals surface area contributed by atoms with Crippen molar-refractivity contribution in [3.05, 3.63) is 47.0 Å². The number of halogens is 4. The van der Waals surface area contributed by atoms with Crippen molar-refractivity contribution in [3.63, 3.8) is 0 Å². The molecular weight excluding hydrogens is 305 g/mol. The number of nitrogens with two attached hydrogens (primary N) is 1. The van der Waals surface area contributed by atoms with Gasteiger partial charge in [0.05, 0.1) is 17.7 Å². The largest absolute Gasteiger partial charge is 0.495 e. The lowest BCUT2D eigenvalue weighted by atomic mass is 10.1. The summed E-state index contributed by atoms with van der Waals surface area (Å²) in [5.74, 6) is 0.482. The highest BCUT2D eigenvalue weighted by Crippen LogP contribution is 2.36. The smallest absolute Gasteiger partial charge is 0.418 e. The Labute approximate surface area is 124 Å². The van der Waals surface area contributed by atoms with Gasteiger partial charge in [-0.3, -0.25) is 0 Å². The second-order valence-electron chi connectivity index (χ2n) is 4.27. The summed E-state index contributed by atoms with van der Waals surface area (Å²) in [4.78, 5) is 0. The zero-order chi connectivity index (χ0) is 15.6. The topological polar surface area (TPSA) is 47.3 Å². The summed E-state index contributed by atoms with van der Waals surface area (Å²) in [6, 6.07) is 8.44. The number of rotatable bonds is 3. The lowest BCUT2D eigenvalue weighted by Gasteiger charge is -2.13. The van der Waals surface area contributed by atoms with Crippen molar-refractivity contribution in [1.29, 1.82) is 0 Å². The molecule has 2 aromatic rings. The molecule has 0 bridgehead atoms. The fourth-order valence-corrected chi connectivity index (χ4v) is 2.05. The van der Waals surface area contributed by atoms with Crippen LogP contribution in [0.5, 0.6) is 5.75 Å². The lowest BCUT2D eigenvalue weighted by molar-refractivity contribution is -0.136. The Morgan fingerprint density at radius 2 is 1.71 bits per heavy atom. The van der Waals surface area contributed by atoms with Crippen molar-refractivity contribution < 1.29 is 17.9 Å². The van der Waals surface area contributed by atoms with E-state index in [-0.39, 0.29) is 11.4 Å². The maximum Gasteiger partial charge on any atom is 0.418 e. The van der Waals surface area contributed by atoms with E-state index in [2.05, 4.69) is 5.32 Å². The van der Waals surface area contributed by atoms with Gasteiger partial charge in [0.15, 0.2) is 0 Å². The molecule has 112 valence electrons. The van der Waals surface area contributed by atoms with Crippen LogP contribution in [0.4, 0.5) is 30.2 Å². The van der Waals surface area contributed by atoms with E-state index in [0.29, 0.717) is 16.5 Å². The zero-order valence-corrected chi connectivity index (χ0v) is 11.7. The van der Waals surface area contributed by atoms with E-state index in [1.807, 2.05) is 0 Å². The van der Waals surface area contributed by atoms with Crippen LogP contribution in [0.1, 0.15) is 5.56 Å². The number of hydrogen-bond acceptors (Lipinski definition) is 3. The molecule has 0 unspecified atom stereocenters. The quantitative estimate of drug-likeness (QED) is 0.807. The van der Waals surface area contributed by atoms with E-state index in [9.17, 15) is 13.2 Å². The molecule has 21 heavy (non-hydrogen) atoms. The number of alkyl halides is 3. The van der Waals surface area contributed by atoms with Crippen molar-refractivity contribution in [3.8, 4) is 5.75 Å². The first-order valence-corrected chi connectivity index (χ1v) is 6.26. The van der Waals surface area contributed by atoms with Crippen LogP contribution in [0.2, 0.25) is 5.02 Å². The number of nitrogen functional groups attached to an aromatic ring is 1. The van der Waals surface area contributed by atoms with Crippen LogP contribution < -0.4 is 15.8 Å². The van der Waals surface area contributed by atoms with E-state index < -0.39 is 11.7 Å². The third-order valence-electron chi connectivity index (χ3n) is 2.80. The molecule has 0 heterocycles. The van der Waals surface area contributed by atoms with Crippen LogP contribution in [0.3, 0.4) is 0 Å². The van der Waals surface area contributed by atoms with E-state index in [4.69, 9.17) is 22.1 Å². The number of ether oxygens (including phenoxy) is 1. The van der Waals surface area contributed by atoms with Crippen LogP contribution in [-0.2, 0) is 6.18 Å². The minimum absolute atomic E-state index is 0.262. The first-order chi connectivity index (χ1) is 9.81. The van der Waals surface area contributed by atoms with E-state index in [1.165, 1.54) is 19.2 Å². The zero-order valence-electron chi connectivity index (χ0n) is 11.0. The maximum absolute atomic E-state index is 12.8. The average molecular weight is 317 g/mol. The molecule has 7 heteroatoms. The molecule has 3 N–H and O–H groups in total. The summed E-state index contributed by atoms with van der Waals surface area (Å²) in [6.45, 7) is 0. The molecule has 0 atom stereocenters. The second kappa shape index (κ2) is 5.73. The van der Waals surface area contributed by atoms with Gasteiger partial charge in [0.1, 0.15) is 5.75 Å². The number of hydrogen-bond donors (Lipinski definition) is 2. The highest BCUT2D eigenvalue weighted by Gasteiger charge is 2.33. The summed E-state index contributed by atoms with van der Waals surface area (Å²) >= 11 is 5.96. The third-order valence-corrected chi connectivity index (χ3v) is 3.09. The van der Waals surface area contributed by atoms with Crippen molar-refractivity contribution in [2.45, 2.75) is 6.18 Å². The first-order valence-electron chi connectivity index (χ1n) is 5.88. The van der Waals surface area contributed by atoms with Crippen LogP contribution in [-0.4, -0.2) is 7.11 Å². The van der Waals surface area contributed by atoms with Crippen LogP contribution in [0.25, 0.3) is 0 Å². The molecule has 0 spiro atoms. The summed E-state index contributed by atoms with van der Waals surface area (Å²) < 4.78 is 43.4. The van der Waals surface area contributed by atoms with Gasteiger partial charge < -0.3 is 15.8 Å². The number of nitrogens with one attached hydrogen (secondary N) is 1. The third kappa shape index (κ3) is 3.52. The summed E-state index contributed by atoms with van der Waals surface area (Å²) in [5.41, 5.74) is 4.95. The minimum Gasteiger partial charge on any atom is -0.495 e. The average Bonchev–Trinajstić information content (AvgIpc) is 2.40. The molecule has 0 aliphatic rings. The Kier molecular flexibility index (Phi) is 4.18. The predicted molar refractivity (Wildman–Crippen MR) is 77.1 cm³/mol. The van der Waals surface area contributed by atoms with Gasteiger partial charge in [0, 0.05) is 17.1 Å². The second-order valence-corrected chi connectivity index (χ2v) is 4.68. The van der Waals surface area contributed by atoms with Crippen molar-refractivity contribution in [2.24, 2.45) is 0 Å². The van der Waals surface area contributed by atoms with Crippen molar-refractivity contribution >= 4 is 28.7 Å². The first kappa shape index (κ1) is 15.3. The van der Waals surface area contributed by atoms with E-state index >= 15 is 0 Å². The summed E-state index contributed by atoms with van der Waals surface area (Å²) in [7, 11) is 1.48. The fraction of sp³-hybridized carbons (Fsp3) is 0.143. The molecular formula is C14H12ClF3N2O. The number of benzene rings is 2. The predicted octanol–water partition coefficient (Wildman–Crippen LogP) is 4.69.